The van der Waals surface area contributed by atoms with Crippen molar-refractivity contribution in [3.8, 4) is 11.8 Å². The number of rotatable bonds is 3. The summed E-state index contributed by atoms with van der Waals surface area (Å²) in [5.41, 5.74) is 1.57. The minimum Gasteiger partial charge on any atom is -0.394 e. The Labute approximate surface area is 173 Å². The molecule has 30 heavy (non-hydrogen) atoms. The monoisotopic (exact) mass is 415 g/mol. The Morgan fingerprint density at radius 2 is 1.97 bits per heavy atom. The minimum atomic E-state index is -1.49. The quantitative estimate of drug-likeness (QED) is 0.368. The molecule has 0 unspecified atom stereocenters. The lowest BCUT2D eigenvalue weighted by molar-refractivity contribution is -0.214. The Kier molecular flexibility index (Phi) is 6.04. The van der Waals surface area contributed by atoms with Crippen LogP contribution in [0.4, 0.5) is 0 Å². The van der Waals surface area contributed by atoms with Gasteiger partial charge in [-0.05, 0) is 25.0 Å². The maximum absolute atomic E-state index is 12.7. The van der Waals surface area contributed by atoms with E-state index in [0.29, 0.717) is 22.0 Å². The largest absolute Gasteiger partial charge is 0.394 e. The fourth-order valence-corrected chi connectivity index (χ4v) is 4.00. The second-order valence-corrected chi connectivity index (χ2v) is 7.83. The number of ether oxygens (including phenoxy) is 1. The van der Waals surface area contributed by atoms with Crippen LogP contribution in [-0.4, -0.2) is 79.7 Å². The van der Waals surface area contributed by atoms with Gasteiger partial charge >= 0.3 is 0 Å². The fraction of sp³-hybridized carbons (Fsp3) is 0.524. The van der Waals surface area contributed by atoms with Crippen LogP contribution in [0, 0.1) is 11.8 Å². The summed E-state index contributed by atoms with van der Waals surface area (Å²) in [5, 5.41) is 49.9. The number of carbonyl (C=O) groups excluding carboxylic acids is 1. The van der Waals surface area contributed by atoms with Crippen molar-refractivity contribution >= 4 is 16.8 Å². The highest BCUT2D eigenvalue weighted by atomic mass is 16.5. The first-order chi connectivity index (χ1) is 14.5. The summed E-state index contributed by atoms with van der Waals surface area (Å²) in [4.78, 5) is 12.7. The molecule has 1 saturated heterocycles. The van der Waals surface area contributed by atoms with E-state index >= 15 is 0 Å². The van der Waals surface area contributed by atoms with Crippen LogP contribution in [0.1, 0.15) is 41.6 Å². The fourth-order valence-electron chi connectivity index (χ4n) is 4.00. The molecule has 1 amide bonds. The molecule has 9 nitrogen and oxygen atoms in total. The van der Waals surface area contributed by atoms with Gasteiger partial charge in [0.15, 0.2) is 0 Å². The van der Waals surface area contributed by atoms with E-state index in [9.17, 15) is 25.2 Å². The Morgan fingerprint density at radius 3 is 2.70 bits per heavy atom. The summed E-state index contributed by atoms with van der Waals surface area (Å²) < 4.78 is 5.42. The summed E-state index contributed by atoms with van der Waals surface area (Å²) in [5.74, 6) is 5.44. The molecule has 9 heteroatoms. The normalized spacial score (nSPS) is 29.5. The number of hydrogen-bond donors (Lipinski definition) is 6. The Morgan fingerprint density at radius 1 is 1.20 bits per heavy atom. The van der Waals surface area contributed by atoms with Crippen LogP contribution in [0.15, 0.2) is 18.3 Å². The second kappa shape index (κ2) is 8.71. The smallest absolute Gasteiger partial charge is 0.251 e. The van der Waals surface area contributed by atoms with Gasteiger partial charge in [0.25, 0.3) is 5.91 Å². The third kappa shape index (κ3) is 4.05. The van der Waals surface area contributed by atoms with Gasteiger partial charge in [-0.25, -0.2) is 0 Å². The molecule has 0 bridgehead atoms. The van der Waals surface area contributed by atoms with Crippen LogP contribution < -0.4 is 5.32 Å². The van der Waals surface area contributed by atoms with Crippen LogP contribution in [0.5, 0.6) is 0 Å². The molecule has 4 rings (SSSR count). The number of H-pyrrole nitrogens is 1. The number of nitrogens with zero attached hydrogens (tertiary/aromatic N) is 1. The first-order valence-corrected chi connectivity index (χ1v) is 10.1. The van der Waals surface area contributed by atoms with E-state index in [1.807, 2.05) is 0 Å². The van der Waals surface area contributed by atoms with E-state index in [-0.39, 0.29) is 11.9 Å². The summed E-state index contributed by atoms with van der Waals surface area (Å²) in [7, 11) is 0. The molecule has 1 aromatic carbocycles. The highest BCUT2D eigenvalue weighted by Gasteiger charge is 2.42. The third-order valence-electron chi connectivity index (χ3n) is 5.74. The highest BCUT2D eigenvalue weighted by molar-refractivity contribution is 5.99. The van der Waals surface area contributed by atoms with Crippen molar-refractivity contribution in [1.29, 1.82) is 0 Å². The minimum absolute atomic E-state index is 0.180. The predicted molar refractivity (Wildman–Crippen MR) is 106 cm³/mol. The van der Waals surface area contributed by atoms with Crippen LogP contribution in [0.2, 0.25) is 0 Å². The molecule has 1 aliphatic carbocycles. The number of benzene rings is 1. The van der Waals surface area contributed by atoms with Crippen molar-refractivity contribution in [2.24, 2.45) is 0 Å². The van der Waals surface area contributed by atoms with E-state index < -0.39 is 37.1 Å². The zero-order chi connectivity index (χ0) is 21.3. The van der Waals surface area contributed by atoms with Crippen LogP contribution in [0.3, 0.4) is 0 Å². The van der Waals surface area contributed by atoms with Gasteiger partial charge in [0.05, 0.1) is 23.9 Å². The number of aromatic amines is 1. The molecule has 2 aliphatic rings. The van der Waals surface area contributed by atoms with Gasteiger partial charge < -0.3 is 30.5 Å². The van der Waals surface area contributed by atoms with Crippen LogP contribution in [0.25, 0.3) is 10.9 Å². The SMILES string of the molecule is O=C(NC1CCCC1)c1cc(C#C[C@H]2O[C@H](CO)[C@@H](O)[C@H](O)[C@@H]2O)c2[nH]ncc2c1. The molecule has 2 heterocycles. The lowest BCUT2D eigenvalue weighted by Gasteiger charge is -2.37. The second-order valence-electron chi connectivity index (χ2n) is 7.83. The standard InChI is InChI=1S/C21H25N3O6/c25-10-16-19(27)20(28)18(26)15(30-16)6-5-11-7-12(8-13-9-22-24-17(11)13)21(29)23-14-3-1-2-4-14/h7-9,14-16,18-20,25-28H,1-4,10H2,(H,22,24)(H,23,29)/t15-,16-,18-,19-,20-/m1/s1. The number of nitrogens with one attached hydrogen (secondary N) is 2. The van der Waals surface area contributed by atoms with Gasteiger partial charge in [0.1, 0.15) is 30.5 Å². The molecule has 6 N–H and O–H groups in total. The van der Waals surface area contributed by atoms with Gasteiger partial charge in [-0.15, -0.1) is 0 Å². The average Bonchev–Trinajstić information content (AvgIpc) is 3.43. The van der Waals surface area contributed by atoms with E-state index in [1.54, 1.807) is 18.3 Å². The van der Waals surface area contributed by atoms with Gasteiger partial charge in [-0.1, -0.05) is 24.7 Å². The van der Waals surface area contributed by atoms with Gasteiger partial charge in [-0.3, -0.25) is 9.89 Å². The highest BCUT2D eigenvalue weighted by Crippen LogP contribution is 2.23. The van der Waals surface area contributed by atoms with Crippen molar-refractivity contribution in [2.45, 2.75) is 62.2 Å². The number of aliphatic hydroxyl groups is 4. The number of aromatic nitrogens is 2. The number of hydrogen-bond acceptors (Lipinski definition) is 7. The molecular weight excluding hydrogens is 390 g/mol. The molecule has 2 aromatic rings. The van der Waals surface area contributed by atoms with Crippen molar-refractivity contribution in [1.82, 2.24) is 15.5 Å². The van der Waals surface area contributed by atoms with E-state index in [4.69, 9.17) is 4.74 Å². The summed E-state index contributed by atoms with van der Waals surface area (Å²) in [6, 6.07) is 3.56. The third-order valence-corrected chi connectivity index (χ3v) is 5.74. The van der Waals surface area contributed by atoms with E-state index in [0.717, 1.165) is 25.7 Å². The van der Waals surface area contributed by atoms with Crippen molar-refractivity contribution in [3.63, 3.8) is 0 Å². The molecule has 5 atom stereocenters. The summed E-state index contributed by atoms with van der Waals surface area (Å²) in [6.07, 6.45) is -0.748. The average molecular weight is 415 g/mol. The maximum Gasteiger partial charge on any atom is 0.251 e. The summed E-state index contributed by atoms with van der Waals surface area (Å²) in [6.45, 7) is -0.523. The Hall–Kier alpha value is -2.48. The van der Waals surface area contributed by atoms with Crippen LogP contribution in [-0.2, 0) is 4.74 Å². The topological polar surface area (TPSA) is 148 Å². The molecular formula is C21H25N3O6. The molecule has 1 saturated carbocycles. The molecule has 160 valence electrons. The number of amides is 1. The molecule has 0 radical (unpaired) electrons. The molecule has 0 spiro atoms. The van der Waals surface area contributed by atoms with E-state index in [2.05, 4.69) is 27.4 Å². The first-order valence-electron chi connectivity index (χ1n) is 10.1. The molecule has 1 aliphatic heterocycles. The maximum atomic E-state index is 12.7. The zero-order valence-electron chi connectivity index (χ0n) is 16.3. The summed E-state index contributed by atoms with van der Waals surface area (Å²) >= 11 is 0. The van der Waals surface area contributed by atoms with Crippen molar-refractivity contribution < 1.29 is 30.0 Å². The van der Waals surface area contributed by atoms with E-state index in [1.165, 1.54) is 0 Å². The lowest BCUT2D eigenvalue weighted by Crippen LogP contribution is -2.58. The number of aliphatic hydroxyl groups excluding tert-OH is 4. The number of carbonyl (C=O) groups is 1. The molecule has 2 fully saturated rings. The first kappa shape index (κ1) is 20.8. The lowest BCUT2D eigenvalue weighted by atomic mass is 9.95. The van der Waals surface area contributed by atoms with Gasteiger partial charge in [-0.2, -0.15) is 5.10 Å². The van der Waals surface area contributed by atoms with Gasteiger partial charge in [0, 0.05) is 17.0 Å². The van der Waals surface area contributed by atoms with Gasteiger partial charge in [0.2, 0.25) is 0 Å². The zero-order valence-corrected chi connectivity index (χ0v) is 16.3. The van der Waals surface area contributed by atoms with Crippen LogP contribution >= 0.6 is 0 Å². The Bertz CT molecular complexity index is 972. The number of fused-ring (bicyclic) bond motifs is 1. The van der Waals surface area contributed by atoms with Crippen molar-refractivity contribution in [2.75, 3.05) is 6.61 Å². The van der Waals surface area contributed by atoms with Crippen molar-refractivity contribution in [3.05, 3.63) is 29.5 Å². The Balaban J connectivity index is 1.61. The predicted octanol–water partition coefficient (Wildman–Crippen LogP) is -0.571. The molecule has 1 aromatic heterocycles.